The summed E-state index contributed by atoms with van der Waals surface area (Å²) in [5.74, 6) is 1.09. The third kappa shape index (κ3) is 5.17. The van der Waals surface area contributed by atoms with Crippen molar-refractivity contribution in [3.05, 3.63) is 90.2 Å². The fourth-order valence-electron chi connectivity index (χ4n) is 2.68. The molecule has 30 heavy (non-hydrogen) atoms. The van der Waals surface area contributed by atoms with Gasteiger partial charge in [0.25, 0.3) is 0 Å². The van der Waals surface area contributed by atoms with Crippen molar-refractivity contribution in [3.63, 3.8) is 0 Å². The molecule has 0 aliphatic heterocycles. The lowest BCUT2D eigenvalue weighted by atomic mass is 10.0. The average Bonchev–Trinajstić information content (AvgIpc) is 2.77. The standard InChI is InChI=1S/C23H21N5O2/c1-16-14-26-11-9-22(16)30-20-5-3-19(4-6-20)28-23(29)7-2-17-15-27-10-8-21(17)18(12-24)13-25/h2-15,24H,25H2,1H3,(H,28,29)/b7-2+,18-13+,24-12?. The minimum atomic E-state index is -0.295. The number of anilines is 1. The highest BCUT2D eigenvalue weighted by atomic mass is 16.5. The summed E-state index contributed by atoms with van der Waals surface area (Å²) < 4.78 is 5.82. The van der Waals surface area contributed by atoms with Crippen LogP contribution in [0.1, 0.15) is 16.7 Å². The zero-order valence-corrected chi connectivity index (χ0v) is 16.4. The number of nitrogens with zero attached hydrogens (tertiary/aromatic N) is 2. The van der Waals surface area contributed by atoms with Crippen LogP contribution in [0.4, 0.5) is 5.69 Å². The van der Waals surface area contributed by atoms with E-state index in [0.29, 0.717) is 22.6 Å². The van der Waals surface area contributed by atoms with Crippen LogP contribution in [-0.4, -0.2) is 22.1 Å². The van der Waals surface area contributed by atoms with Crippen LogP contribution in [0.25, 0.3) is 11.6 Å². The molecule has 0 bridgehead atoms. The first-order chi connectivity index (χ1) is 14.6. The second-order valence-corrected chi connectivity index (χ2v) is 6.32. The molecule has 4 N–H and O–H groups in total. The highest BCUT2D eigenvalue weighted by molar-refractivity contribution is 6.10. The maximum absolute atomic E-state index is 12.3. The number of hydrogen-bond donors (Lipinski definition) is 3. The predicted molar refractivity (Wildman–Crippen MR) is 118 cm³/mol. The van der Waals surface area contributed by atoms with Crippen LogP contribution >= 0.6 is 0 Å². The second kappa shape index (κ2) is 9.79. The number of nitrogens with two attached hydrogens (primary N) is 1. The number of aryl methyl sites for hydroxylation is 1. The molecular formula is C23H21N5O2. The SMILES string of the molecule is Cc1cnccc1Oc1ccc(NC(=O)/C=C/c2cnccc2/C(C=N)=C/N)cc1. The summed E-state index contributed by atoms with van der Waals surface area (Å²) in [6, 6.07) is 10.6. The van der Waals surface area contributed by atoms with Crippen molar-refractivity contribution in [1.29, 1.82) is 5.41 Å². The summed E-state index contributed by atoms with van der Waals surface area (Å²) in [5.41, 5.74) is 9.08. The first kappa shape index (κ1) is 20.5. The van der Waals surface area contributed by atoms with Gasteiger partial charge < -0.3 is 21.2 Å². The Bertz CT molecular complexity index is 1100. The van der Waals surface area contributed by atoms with Gasteiger partial charge in [-0.3, -0.25) is 14.8 Å². The number of benzene rings is 1. The zero-order chi connectivity index (χ0) is 21.3. The monoisotopic (exact) mass is 399 g/mol. The quantitative estimate of drug-likeness (QED) is 0.407. The van der Waals surface area contributed by atoms with E-state index in [0.717, 1.165) is 23.1 Å². The molecule has 3 rings (SSSR count). The van der Waals surface area contributed by atoms with Gasteiger partial charge in [-0.1, -0.05) is 0 Å². The molecule has 7 nitrogen and oxygen atoms in total. The minimum absolute atomic E-state index is 0.295. The molecule has 0 saturated carbocycles. The normalized spacial score (nSPS) is 11.3. The predicted octanol–water partition coefficient (Wildman–Crippen LogP) is 4.18. The maximum atomic E-state index is 12.3. The first-order valence-corrected chi connectivity index (χ1v) is 9.15. The minimum Gasteiger partial charge on any atom is -0.457 e. The van der Waals surface area contributed by atoms with Crippen molar-refractivity contribution in [3.8, 4) is 11.5 Å². The van der Waals surface area contributed by atoms with E-state index in [4.69, 9.17) is 15.9 Å². The van der Waals surface area contributed by atoms with Crippen molar-refractivity contribution in [2.45, 2.75) is 6.92 Å². The van der Waals surface area contributed by atoms with Crippen molar-refractivity contribution in [2.24, 2.45) is 5.73 Å². The molecule has 0 atom stereocenters. The smallest absolute Gasteiger partial charge is 0.248 e. The van der Waals surface area contributed by atoms with E-state index in [1.807, 2.05) is 6.92 Å². The maximum Gasteiger partial charge on any atom is 0.248 e. The number of ether oxygens (including phenoxy) is 1. The Morgan fingerprint density at radius 1 is 1.10 bits per heavy atom. The summed E-state index contributed by atoms with van der Waals surface area (Å²) in [5, 5.41) is 10.2. The molecule has 1 amide bonds. The van der Waals surface area contributed by atoms with Gasteiger partial charge >= 0.3 is 0 Å². The third-order valence-corrected chi connectivity index (χ3v) is 4.23. The van der Waals surface area contributed by atoms with Crippen molar-refractivity contribution in [2.75, 3.05) is 5.32 Å². The molecule has 0 unspecified atom stereocenters. The van der Waals surface area contributed by atoms with E-state index in [2.05, 4.69) is 15.3 Å². The Hall–Kier alpha value is -4.26. The van der Waals surface area contributed by atoms with Crippen LogP contribution in [-0.2, 0) is 4.79 Å². The van der Waals surface area contributed by atoms with Gasteiger partial charge in [0.15, 0.2) is 0 Å². The fourth-order valence-corrected chi connectivity index (χ4v) is 2.68. The first-order valence-electron chi connectivity index (χ1n) is 9.15. The van der Waals surface area contributed by atoms with Gasteiger partial charge in [0, 0.05) is 65.7 Å². The Balaban J connectivity index is 1.66. The average molecular weight is 399 g/mol. The van der Waals surface area contributed by atoms with Gasteiger partial charge in [0.2, 0.25) is 5.91 Å². The van der Waals surface area contributed by atoms with Crippen molar-refractivity contribution < 1.29 is 9.53 Å². The van der Waals surface area contributed by atoms with Crippen LogP contribution < -0.4 is 15.8 Å². The van der Waals surface area contributed by atoms with Crippen LogP contribution in [0.5, 0.6) is 11.5 Å². The lowest BCUT2D eigenvalue weighted by Gasteiger charge is -2.09. The number of pyridine rings is 2. The molecule has 2 heterocycles. The fraction of sp³-hybridized carbons (Fsp3) is 0.0435. The van der Waals surface area contributed by atoms with Gasteiger partial charge in [-0.25, -0.2) is 0 Å². The van der Waals surface area contributed by atoms with Crippen LogP contribution in [0.2, 0.25) is 0 Å². The van der Waals surface area contributed by atoms with Crippen LogP contribution in [0.3, 0.4) is 0 Å². The lowest BCUT2D eigenvalue weighted by molar-refractivity contribution is -0.111. The molecule has 1 aromatic carbocycles. The van der Waals surface area contributed by atoms with Gasteiger partial charge in [0.05, 0.1) is 0 Å². The molecule has 0 spiro atoms. The lowest BCUT2D eigenvalue weighted by Crippen LogP contribution is -2.07. The largest absolute Gasteiger partial charge is 0.457 e. The number of nitrogens with one attached hydrogen (secondary N) is 2. The Morgan fingerprint density at radius 3 is 2.53 bits per heavy atom. The summed E-state index contributed by atoms with van der Waals surface area (Å²) in [7, 11) is 0. The van der Waals surface area contributed by atoms with E-state index >= 15 is 0 Å². The number of hydrogen-bond acceptors (Lipinski definition) is 6. The number of carbonyl (C=O) groups is 1. The topological polar surface area (TPSA) is 114 Å². The van der Waals surface area contributed by atoms with E-state index in [9.17, 15) is 4.79 Å². The third-order valence-electron chi connectivity index (χ3n) is 4.23. The van der Waals surface area contributed by atoms with E-state index in [-0.39, 0.29) is 5.91 Å². The van der Waals surface area contributed by atoms with Gasteiger partial charge in [-0.05, 0) is 55.0 Å². The van der Waals surface area contributed by atoms with Crippen molar-refractivity contribution in [1.82, 2.24) is 9.97 Å². The number of carbonyl (C=O) groups excluding carboxylic acids is 1. The molecule has 0 aliphatic rings. The molecular weight excluding hydrogens is 378 g/mol. The Kier molecular flexibility index (Phi) is 6.68. The summed E-state index contributed by atoms with van der Waals surface area (Å²) >= 11 is 0. The second-order valence-electron chi connectivity index (χ2n) is 6.32. The van der Waals surface area contributed by atoms with Gasteiger partial charge in [-0.15, -0.1) is 0 Å². The number of allylic oxidation sites excluding steroid dienone is 1. The molecule has 0 fully saturated rings. The molecule has 0 aliphatic carbocycles. The summed E-state index contributed by atoms with van der Waals surface area (Å²) in [6.45, 7) is 1.92. The highest BCUT2D eigenvalue weighted by Gasteiger charge is 2.05. The van der Waals surface area contributed by atoms with E-state index in [1.54, 1.807) is 67.3 Å². The molecule has 3 aromatic rings. The summed E-state index contributed by atoms with van der Waals surface area (Å²) in [6.07, 6.45) is 12.2. The zero-order valence-electron chi connectivity index (χ0n) is 16.4. The van der Waals surface area contributed by atoms with E-state index < -0.39 is 0 Å². The molecule has 0 saturated heterocycles. The van der Waals surface area contributed by atoms with E-state index in [1.165, 1.54) is 12.3 Å². The van der Waals surface area contributed by atoms with Crippen LogP contribution in [0.15, 0.2) is 73.5 Å². The number of amides is 1. The summed E-state index contributed by atoms with van der Waals surface area (Å²) in [4.78, 5) is 20.4. The Morgan fingerprint density at radius 2 is 1.83 bits per heavy atom. The van der Waals surface area contributed by atoms with Gasteiger partial charge in [-0.2, -0.15) is 0 Å². The number of rotatable bonds is 7. The molecule has 0 radical (unpaired) electrons. The van der Waals surface area contributed by atoms with Gasteiger partial charge in [0.1, 0.15) is 11.5 Å². The number of aromatic nitrogens is 2. The van der Waals surface area contributed by atoms with Crippen LogP contribution in [0, 0.1) is 12.3 Å². The van der Waals surface area contributed by atoms with Crippen molar-refractivity contribution >= 4 is 29.5 Å². The highest BCUT2D eigenvalue weighted by Crippen LogP contribution is 2.25. The molecule has 2 aromatic heterocycles. The molecule has 7 heteroatoms. The Labute approximate surface area is 174 Å². The molecule has 150 valence electrons.